The predicted molar refractivity (Wildman–Crippen MR) is 112 cm³/mol. The number of nitrogens with one attached hydrogen (secondary N) is 3. The first-order valence-electron chi connectivity index (χ1n) is 9.06. The van der Waals surface area contributed by atoms with Gasteiger partial charge in [0.1, 0.15) is 0 Å². The molecule has 0 heterocycles. The topological polar surface area (TPSA) is 73.5 Å². The lowest BCUT2D eigenvalue weighted by molar-refractivity contribution is 0.0954. The normalized spacial score (nSPS) is 10.3. The van der Waals surface area contributed by atoms with Crippen LogP contribution in [-0.2, 0) is 0 Å². The zero-order valence-electron chi connectivity index (χ0n) is 16.6. The molecule has 0 saturated heterocycles. The Bertz CT molecular complexity index is 831. The molecule has 3 N–H and O–H groups in total. The van der Waals surface area contributed by atoms with E-state index in [0.29, 0.717) is 17.8 Å². The molecule has 144 valence electrons. The van der Waals surface area contributed by atoms with E-state index in [1.54, 1.807) is 12.1 Å². The van der Waals surface area contributed by atoms with Gasteiger partial charge in [-0.1, -0.05) is 24.6 Å². The number of hydrogen-bond acceptors (Lipinski definition) is 3. The summed E-state index contributed by atoms with van der Waals surface area (Å²) in [6.07, 6.45) is 0.860. The quantitative estimate of drug-likeness (QED) is 0.717. The minimum absolute atomic E-state index is 0.154. The van der Waals surface area contributed by atoms with Crippen LogP contribution in [-0.4, -0.2) is 32.6 Å². The molecular weight excluding hydrogens is 340 g/mol. The number of anilines is 3. The molecule has 27 heavy (non-hydrogen) atoms. The lowest BCUT2D eigenvalue weighted by Crippen LogP contribution is -2.27. The van der Waals surface area contributed by atoms with Crippen molar-refractivity contribution in [2.45, 2.75) is 27.2 Å². The van der Waals surface area contributed by atoms with E-state index in [2.05, 4.69) is 16.0 Å². The highest BCUT2D eigenvalue weighted by atomic mass is 16.2. The van der Waals surface area contributed by atoms with Crippen molar-refractivity contribution in [2.75, 3.05) is 36.2 Å². The van der Waals surface area contributed by atoms with Crippen LogP contribution in [0.15, 0.2) is 36.4 Å². The molecule has 0 radical (unpaired) electrons. The van der Waals surface area contributed by atoms with Gasteiger partial charge in [-0.15, -0.1) is 0 Å². The molecule has 0 aromatic heterocycles. The molecule has 6 nitrogen and oxygen atoms in total. The zero-order chi connectivity index (χ0) is 20.0. The molecule has 6 heteroatoms. The Morgan fingerprint density at radius 2 is 1.74 bits per heavy atom. The van der Waals surface area contributed by atoms with E-state index in [1.165, 1.54) is 0 Å². The summed E-state index contributed by atoms with van der Waals surface area (Å²) in [5, 5.41) is 8.53. The van der Waals surface area contributed by atoms with Gasteiger partial charge in [0.25, 0.3) is 5.91 Å². The number of benzene rings is 2. The molecule has 0 aliphatic rings. The van der Waals surface area contributed by atoms with Crippen LogP contribution >= 0.6 is 0 Å². The van der Waals surface area contributed by atoms with E-state index >= 15 is 0 Å². The van der Waals surface area contributed by atoms with Crippen LogP contribution < -0.4 is 20.9 Å². The molecule has 0 bridgehead atoms. The summed E-state index contributed by atoms with van der Waals surface area (Å²) < 4.78 is 0. The maximum Gasteiger partial charge on any atom is 0.323 e. The molecule has 0 spiro atoms. The van der Waals surface area contributed by atoms with Crippen molar-refractivity contribution in [3.63, 3.8) is 0 Å². The van der Waals surface area contributed by atoms with E-state index in [4.69, 9.17) is 0 Å². The minimum Gasteiger partial charge on any atom is -0.377 e. The summed E-state index contributed by atoms with van der Waals surface area (Å²) >= 11 is 0. The number of hydrogen-bond donors (Lipinski definition) is 3. The number of urea groups is 1. The van der Waals surface area contributed by atoms with Gasteiger partial charge in [-0.05, 0) is 50.1 Å². The summed E-state index contributed by atoms with van der Waals surface area (Å²) in [6, 6.07) is 10.8. The van der Waals surface area contributed by atoms with Crippen molar-refractivity contribution in [3.05, 3.63) is 53.1 Å². The first kappa shape index (κ1) is 20.3. The third-order valence-corrected chi connectivity index (χ3v) is 4.15. The Balaban J connectivity index is 2.17. The molecule has 2 aromatic carbocycles. The van der Waals surface area contributed by atoms with Gasteiger partial charge in [0, 0.05) is 37.7 Å². The van der Waals surface area contributed by atoms with Gasteiger partial charge in [0.05, 0.1) is 5.56 Å². The third kappa shape index (κ3) is 5.48. The van der Waals surface area contributed by atoms with Crippen LogP contribution in [0.4, 0.5) is 21.9 Å². The van der Waals surface area contributed by atoms with Crippen molar-refractivity contribution in [1.29, 1.82) is 0 Å². The van der Waals surface area contributed by atoms with Crippen molar-refractivity contribution in [3.8, 4) is 0 Å². The first-order valence-corrected chi connectivity index (χ1v) is 9.06. The fourth-order valence-corrected chi connectivity index (χ4v) is 2.76. The Labute approximate surface area is 161 Å². The molecule has 0 aliphatic carbocycles. The maximum absolute atomic E-state index is 12.5. The van der Waals surface area contributed by atoms with Crippen molar-refractivity contribution < 1.29 is 9.59 Å². The van der Waals surface area contributed by atoms with E-state index < -0.39 is 0 Å². The lowest BCUT2D eigenvalue weighted by atomic mass is 10.1. The van der Waals surface area contributed by atoms with Crippen LogP contribution in [0.2, 0.25) is 0 Å². The molecular formula is C21H28N4O2. The highest BCUT2D eigenvalue weighted by Crippen LogP contribution is 2.23. The number of amides is 3. The number of carbonyl (C=O) groups excluding carboxylic acids is 2. The fraction of sp³-hybridized carbons (Fsp3) is 0.333. The smallest absolute Gasteiger partial charge is 0.323 e. The van der Waals surface area contributed by atoms with E-state index in [0.717, 1.165) is 28.9 Å². The second-order valence-electron chi connectivity index (χ2n) is 6.78. The number of carbonyl (C=O) groups is 2. The second-order valence-corrected chi connectivity index (χ2v) is 6.78. The molecule has 2 aromatic rings. The Hall–Kier alpha value is -3.02. The molecule has 0 atom stereocenters. The predicted octanol–water partition coefficient (Wildman–Crippen LogP) is 4.15. The highest BCUT2D eigenvalue weighted by molar-refractivity contribution is 6.04. The average molecular weight is 368 g/mol. The monoisotopic (exact) mass is 368 g/mol. The van der Waals surface area contributed by atoms with Gasteiger partial charge in [-0.2, -0.15) is 0 Å². The van der Waals surface area contributed by atoms with Gasteiger partial charge >= 0.3 is 6.03 Å². The summed E-state index contributed by atoms with van der Waals surface area (Å²) in [5.74, 6) is -0.154. The molecule has 0 fully saturated rings. The lowest BCUT2D eigenvalue weighted by Gasteiger charge is -2.18. The van der Waals surface area contributed by atoms with E-state index in [9.17, 15) is 9.59 Å². The summed E-state index contributed by atoms with van der Waals surface area (Å²) in [7, 11) is 3.76. The van der Waals surface area contributed by atoms with Gasteiger partial charge in [-0.3, -0.25) is 4.79 Å². The largest absolute Gasteiger partial charge is 0.377 e. The van der Waals surface area contributed by atoms with Gasteiger partial charge in [0.2, 0.25) is 0 Å². The van der Waals surface area contributed by atoms with E-state index in [1.807, 2.05) is 64.0 Å². The Morgan fingerprint density at radius 1 is 1.00 bits per heavy atom. The van der Waals surface area contributed by atoms with Crippen molar-refractivity contribution in [1.82, 2.24) is 5.32 Å². The fourth-order valence-electron chi connectivity index (χ4n) is 2.76. The third-order valence-electron chi connectivity index (χ3n) is 4.15. The van der Waals surface area contributed by atoms with Crippen molar-refractivity contribution in [2.24, 2.45) is 0 Å². The van der Waals surface area contributed by atoms with Crippen LogP contribution in [0, 0.1) is 13.8 Å². The number of aryl methyl sites for hydroxylation is 2. The molecule has 0 saturated carbocycles. The maximum atomic E-state index is 12.5. The zero-order valence-corrected chi connectivity index (χ0v) is 16.6. The van der Waals surface area contributed by atoms with Crippen LogP contribution in [0.5, 0.6) is 0 Å². The number of nitrogens with zero attached hydrogens (tertiary/aromatic N) is 1. The summed E-state index contributed by atoms with van der Waals surface area (Å²) in [5.41, 5.74) is 4.77. The summed E-state index contributed by atoms with van der Waals surface area (Å²) in [6.45, 7) is 6.57. The Kier molecular flexibility index (Phi) is 6.82. The first-order chi connectivity index (χ1) is 12.8. The summed E-state index contributed by atoms with van der Waals surface area (Å²) in [4.78, 5) is 26.7. The second kappa shape index (κ2) is 9.07. The van der Waals surface area contributed by atoms with Gasteiger partial charge < -0.3 is 20.9 Å². The average Bonchev–Trinajstić information content (AvgIpc) is 2.61. The molecule has 0 aliphatic heterocycles. The van der Waals surface area contributed by atoms with Gasteiger partial charge in [0.15, 0.2) is 0 Å². The number of rotatable bonds is 6. The SMILES string of the molecule is CCCNC(=O)c1cc(NC(=O)Nc2ccc(C)cc2C)ccc1N(C)C. The van der Waals surface area contributed by atoms with Crippen LogP contribution in [0.1, 0.15) is 34.8 Å². The standard InChI is InChI=1S/C21H28N4O2/c1-6-11-22-20(26)17-13-16(8-10-19(17)25(4)5)23-21(27)24-18-9-7-14(2)12-15(18)3/h7-10,12-13H,6,11H2,1-5H3,(H,22,26)(H2,23,24,27). The molecule has 0 unspecified atom stereocenters. The molecule has 3 amide bonds. The van der Waals surface area contributed by atoms with E-state index in [-0.39, 0.29) is 11.9 Å². The molecule has 2 rings (SSSR count). The Morgan fingerprint density at radius 3 is 2.37 bits per heavy atom. The van der Waals surface area contributed by atoms with Crippen LogP contribution in [0.25, 0.3) is 0 Å². The highest BCUT2D eigenvalue weighted by Gasteiger charge is 2.14. The van der Waals surface area contributed by atoms with Crippen LogP contribution in [0.3, 0.4) is 0 Å². The minimum atomic E-state index is -0.348. The van der Waals surface area contributed by atoms with Crippen molar-refractivity contribution >= 4 is 29.0 Å². The van der Waals surface area contributed by atoms with Gasteiger partial charge in [-0.25, -0.2) is 4.79 Å².